The molecular formula is C12H12N2O3S2. The SMILES string of the molecule is C[C@@H](NC(=O)Nc1sccc1C(=O)O)c1cccs1. The van der Waals surface area contributed by atoms with Crippen LogP contribution in [0.5, 0.6) is 0 Å². The number of rotatable bonds is 4. The van der Waals surface area contributed by atoms with E-state index >= 15 is 0 Å². The first-order valence-corrected chi connectivity index (χ1v) is 7.25. The van der Waals surface area contributed by atoms with Crippen LogP contribution in [-0.2, 0) is 0 Å². The number of carboxylic acid groups (broad SMARTS) is 1. The zero-order chi connectivity index (χ0) is 13.8. The molecule has 1 atom stereocenters. The number of anilines is 1. The number of nitrogens with one attached hydrogen (secondary N) is 2. The van der Waals surface area contributed by atoms with E-state index in [2.05, 4.69) is 10.6 Å². The maximum atomic E-state index is 11.8. The highest BCUT2D eigenvalue weighted by molar-refractivity contribution is 7.14. The van der Waals surface area contributed by atoms with Gasteiger partial charge in [-0.25, -0.2) is 9.59 Å². The molecule has 2 amide bonds. The van der Waals surface area contributed by atoms with E-state index in [9.17, 15) is 9.59 Å². The second-order valence-corrected chi connectivity index (χ2v) is 5.70. The lowest BCUT2D eigenvalue weighted by atomic mass is 10.3. The number of hydrogen-bond acceptors (Lipinski definition) is 4. The van der Waals surface area contributed by atoms with E-state index in [0.29, 0.717) is 5.00 Å². The topological polar surface area (TPSA) is 78.4 Å². The van der Waals surface area contributed by atoms with Crippen LogP contribution in [0.3, 0.4) is 0 Å². The highest BCUT2D eigenvalue weighted by atomic mass is 32.1. The lowest BCUT2D eigenvalue weighted by Gasteiger charge is -2.12. The van der Waals surface area contributed by atoms with Crippen molar-refractivity contribution < 1.29 is 14.7 Å². The highest BCUT2D eigenvalue weighted by Gasteiger charge is 2.15. The molecule has 0 aliphatic carbocycles. The fourth-order valence-corrected chi connectivity index (χ4v) is 3.03. The van der Waals surface area contributed by atoms with E-state index in [4.69, 9.17) is 5.11 Å². The monoisotopic (exact) mass is 296 g/mol. The van der Waals surface area contributed by atoms with Gasteiger partial charge in [0.1, 0.15) is 5.00 Å². The number of aromatic carboxylic acids is 1. The Morgan fingerprint density at radius 1 is 1.26 bits per heavy atom. The van der Waals surface area contributed by atoms with Gasteiger partial charge in [-0.15, -0.1) is 22.7 Å². The van der Waals surface area contributed by atoms with Gasteiger partial charge in [0.15, 0.2) is 0 Å². The first kappa shape index (κ1) is 13.6. The number of urea groups is 1. The summed E-state index contributed by atoms with van der Waals surface area (Å²) in [5.74, 6) is -1.05. The summed E-state index contributed by atoms with van der Waals surface area (Å²) in [6, 6.07) is 4.78. The predicted molar refractivity (Wildman–Crippen MR) is 76.2 cm³/mol. The molecule has 0 fully saturated rings. The molecule has 100 valence electrons. The second kappa shape index (κ2) is 5.85. The molecule has 2 heterocycles. The number of hydrogen-bond donors (Lipinski definition) is 3. The third-order valence-electron chi connectivity index (χ3n) is 2.44. The Bertz CT molecular complexity index is 578. The van der Waals surface area contributed by atoms with Crippen molar-refractivity contribution in [3.05, 3.63) is 39.4 Å². The Morgan fingerprint density at radius 2 is 2.05 bits per heavy atom. The van der Waals surface area contributed by atoms with Crippen molar-refractivity contribution >= 4 is 39.7 Å². The lowest BCUT2D eigenvalue weighted by molar-refractivity contribution is 0.0698. The summed E-state index contributed by atoms with van der Waals surface area (Å²) in [6.07, 6.45) is 0. The van der Waals surface area contributed by atoms with Crippen LogP contribution in [0.4, 0.5) is 9.80 Å². The average Bonchev–Trinajstić information content (AvgIpc) is 2.98. The molecule has 0 aliphatic rings. The smallest absolute Gasteiger partial charge is 0.338 e. The molecule has 0 saturated carbocycles. The van der Waals surface area contributed by atoms with Gasteiger partial charge < -0.3 is 10.4 Å². The van der Waals surface area contributed by atoms with Gasteiger partial charge in [-0.1, -0.05) is 6.07 Å². The molecule has 0 spiro atoms. The molecule has 7 heteroatoms. The summed E-state index contributed by atoms with van der Waals surface area (Å²) in [5.41, 5.74) is 0.101. The molecule has 0 bridgehead atoms. The maximum absolute atomic E-state index is 11.8. The largest absolute Gasteiger partial charge is 0.478 e. The molecule has 2 aromatic heterocycles. The number of thiophene rings is 2. The minimum atomic E-state index is -1.05. The van der Waals surface area contributed by atoms with Gasteiger partial charge in [0.05, 0.1) is 11.6 Å². The Balaban J connectivity index is 1.98. The fraction of sp³-hybridized carbons (Fsp3) is 0.167. The van der Waals surface area contributed by atoms with Gasteiger partial charge in [-0.2, -0.15) is 0 Å². The van der Waals surface area contributed by atoms with Gasteiger partial charge in [0.25, 0.3) is 0 Å². The van der Waals surface area contributed by atoms with Crippen LogP contribution < -0.4 is 10.6 Å². The van der Waals surface area contributed by atoms with Crippen LogP contribution in [-0.4, -0.2) is 17.1 Å². The molecule has 2 aromatic rings. The minimum absolute atomic E-state index is 0.101. The molecule has 19 heavy (non-hydrogen) atoms. The van der Waals surface area contributed by atoms with Crippen LogP contribution in [0.25, 0.3) is 0 Å². The number of carbonyl (C=O) groups excluding carboxylic acids is 1. The van der Waals surface area contributed by atoms with Gasteiger partial charge in [-0.3, -0.25) is 5.32 Å². The molecule has 0 radical (unpaired) electrons. The van der Waals surface area contributed by atoms with Crippen molar-refractivity contribution in [1.29, 1.82) is 0 Å². The van der Waals surface area contributed by atoms with Crippen molar-refractivity contribution in [2.45, 2.75) is 13.0 Å². The van der Waals surface area contributed by atoms with Crippen LogP contribution in [0.1, 0.15) is 28.2 Å². The van der Waals surface area contributed by atoms with Gasteiger partial charge in [0, 0.05) is 4.88 Å². The van der Waals surface area contributed by atoms with E-state index < -0.39 is 12.0 Å². The van der Waals surface area contributed by atoms with Crippen molar-refractivity contribution in [3.8, 4) is 0 Å². The van der Waals surface area contributed by atoms with E-state index in [0.717, 1.165) is 4.88 Å². The zero-order valence-electron chi connectivity index (χ0n) is 10.0. The summed E-state index contributed by atoms with van der Waals surface area (Å²) in [5, 5.41) is 18.2. The number of amides is 2. The van der Waals surface area contributed by atoms with Crippen molar-refractivity contribution in [3.63, 3.8) is 0 Å². The van der Waals surface area contributed by atoms with Gasteiger partial charge in [-0.05, 0) is 29.8 Å². The number of carbonyl (C=O) groups is 2. The van der Waals surface area contributed by atoms with Crippen molar-refractivity contribution in [2.75, 3.05) is 5.32 Å². The molecule has 0 saturated heterocycles. The normalized spacial score (nSPS) is 11.8. The zero-order valence-corrected chi connectivity index (χ0v) is 11.7. The minimum Gasteiger partial charge on any atom is -0.478 e. The van der Waals surface area contributed by atoms with Crippen molar-refractivity contribution in [1.82, 2.24) is 5.32 Å². The standard InChI is InChI=1S/C12H12N2O3S2/c1-7(9-3-2-5-18-9)13-12(17)14-10-8(11(15)16)4-6-19-10/h2-7H,1H3,(H,15,16)(H2,13,14,17)/t7-/m1/s1. The van der Waals surface area contributed by atoms with E-state index in [-0.39, 0.29) is 11.6 Å². The predicted octanol–water partition coefficient (Wildman–Crippen LogP) is 3.39. The summed E-state index contributed by atoms with van der Waals surface area (Å²) in [4.78, 5) is 23.7. The van der Waals surface area contributed by atoms with E-state index in [1.54, 1.807) is 16.7 Å². The Hall–Kier alpha value is -1.86. The first-order chi connectivity index (χ1) is 9.08. The quantitative estimate of drug-likeness (QED) is 0.809. The van der Waals surface area contributed by atoms with E-state index in [1.807, 2.05) is 24.4 Å². The molecular weight excluding hydrogens is 284 g/mol. The van der Waals surface area contributed by atoms with Gasteiger partial charge >= 0.3 is 12.0 Å². The Labute approximate surface area is 117 Å². The van der Waals surface area contributed by atoms with Crippen LogP contribution in [0.2, 0.25) is 0 Å². The van der Waals surface area contributed by atoms with Crippen LogP contribution in [0, 0.1) is 0 Å². The summed E-state index contributed by atoms with van der Waals surface area (Å²) in [7, 11) is 0. The Kier molecular flexibility index (Phi) is 4.18. The third-order valence-corrected chi connectivity index (χ3v) is 4.33. The Morgan fingerprint density at radius 3 is 2.68 bits per heavy atom. The lowest BCUT2D eigenvalue weighted by Crippen LogP contribution is -2.30. The number of carboxylic acids is 1. The summed E-state index contributed by atoms with van der Waals surface area (Å²) < 4.78 is 0. The molecule has 0 aliphatic heterocycles. The summed E-state index contributed by atoms with van der Waals surface area (Å²) in [6.45, 7) is 1.87. The average molecular weight is 296 g/mol. The molecule has 5 nitrogen and oxygen atoms in total. The molecule has 0 aromatic carbocycles. The van der Waals surface area contributed by atoms with Gasteiger partial charge in [0.2, 0.25) is 0 Å². The molecule has 0 unspecified atom stereocenters. The van der Waals surface area contributed by atoms with Crippen molar-refractivity contribution in [2.24, 2.45) is 0 Å². The molecule has 3 N–H and O–H groups in total. The first-order valence-electron chi connectivity index (χ1n) is 5.49. The second-order valence-electron chi connectivity index (χ2n) is 3.80. The highest BCUT2D eigenvalue weighted by Crippen LogP contribution is 2.23. The summed E-state index contributed by atoms with van der Waals surface area (Å²) >= 11 is 2.74. The van der Waals surface area contributed by atoms with E-state index in [1.165, 1.54) is 17.4 Å². The van der Waals surface area contributed by atoms with Crippen LogP contribution >= 0.6 is 22.7 Å². The molecule has 2 rings (SSSR count). The maximum Gasteiger partial charge on any atom is 0.338 e. The third kappa shape index (κ3) is 3.33. The van der Waals surface area contributed by atoms with Crippen LogP contribution in [0.15, 0.2) is 29.0 Å². The fourth-order valence-electron chi connectivity index (χ4n) is 1.52.